The Morgan fingerprint density at radius 3 is 0.549 bits per heavy atom. The predicted molar refractivity (Wildman–Crippen MR) is 212 cm³/mol. The highest BCUT2D eigenvalue weighted by atomic mass is 28.6. The molecule has 0 aromatic carbocycles. The highest BCUT2D eigenvalue weighted by Gasteiger charge is 2.83. The quantitative estimate of drug-likeness (QED) is 0.110. The van der Waals surface area contributed by atoms with E-state index >= 15 is 0 Å². The van der Waals surface area contributed by atoms with Crippen LogP contribution in [-0.2, 0) is 49.4 Å². The van der Waals surface area contributed by atoms with E-state index in [1.807, 2.05) is 6.08 Å². The largest absolute Gasteiger partial charge is 0.482 e. The van der Waals surface area contributed by atoms with Crippen molar-refractivity contribution in [2.45, 2.75) is 145 Å². The van der Waals surface area contributed by atoms with Gasteiger partial charge in [0.25, 0.3) is 0 Å². The molecule has 0 aliphatic carbocycles. The molecule has 0 atom stereocenters. The minimum absolute atomic E-state index is 0.130. The first-order chi connectivity index (χ1) is 23.5. The van der Waals surface area contributed by atoms with Gasteiger partial charge in [0, 0.05) is 48.4 Å². The maximum absolute atomic E-state index is 7.70. The fourth-order valence-electron chi connectivity index (χ4n) is 8.02. The summed E-state index contributed by atoms with van der Waals surface area (Å²) in [5.74, 6) is 0.944. The fourth-order valence-corrected chi connectivity index (χ4v) is 59.1. The molecule has 6 fully saturated rings. The van der Waals surface area contributed by atoms with Gasteiger partial charge < -0.3 is 49.4 Å². The molecule has 0 aromatic heterocycles. The van der Waals surface area contributed by atoms with E-state index in [2.05, 4.69) is 104 Å². The van der Waals surface area contributed by atoms with E-state index in [-0.39, 0.29) is 47.5 Å². The van der Waals surface area contributed by atoms with Crippen LogP contribution in [0.4, 0.5) is 0 Å². The second-order valence-corrected chi connectivity index (χ2v) is 42.4. The maximum atomic E-state index is 7.70. The first kappa shape index (κ1) is 43.1. The van der Waals surface area contributed by atoms with Gasteiger partial charge in [0.2, 0.25) is 0 Å². The van der Waals surface area contributed by atoms with Gasteiger partial charge in [-0.2, -0.15) is 0 Å². The lowest BCUT2D eigenvalue weighted by Crippen LogP contribution is -2.88. The SMILES string of the molecule is C=CC[Si]12O[Si]3(CC(C)C)O[Si]4(CC(C)C)O[Si](CC(C)C)(O1)O[Si]1(CC(C)C)O[Si](CC(C)C)(O2)O[Si](CC(C)C)(O3)O[Si](CC(C)C)(O4)O1. The first-order valence-electron chi connectivity index (χ1n) is 19.5. The molecule has 51 heavy (non-hydrogen) atoms. The van der Waals surface area contributed by atoms with Crippen molar-refractivity contribution in [1.29, 1.82) is 0 Å². The molecule has 296 valence electrons. The number of rotatable bonds is 16. The minimum atomic E-state index is -3.91. The van der Waals surface area contributed by atoms with Gasteiger partial charge in [-0.15, -0.1) is 6.58 Å². The minimum Gasteiger partial charge on any atom is -0.373 e. The lowest BCUT2D eigenvalue weighted by atomic mass is 10.3. The average Bonchev–Trinajstić information content (AvgIpc) is 2.80. The van der Waals surface area contributed by atoms with Crippen LogP contribution in [0.1, 0.15) is 96.9 Å². The normalized spacial score (nSPS) is 42.4. The molecule has 0 radical (unpaired) electrons. The van der Waals surface area contributed by atoms with Crippen LogP contribution < -0.4 is 0 Å². The Bertz CT molecular complexity index is 1090. The topological polar surface area (TPSA) is 111 Å². The molecule has 12 nitrogen and oxygen atoms in total. The Kier molecular flexibility index (Phi) is 13.0. The summed E-state index contributed by atoms with van der Waals surface area (Å²) in [5.41, 5.74) is 0. The van der Waals surface area contributed by atoms with Gasteiger partial charge in [-0.05, 0) is 41.4 Å². The van der Waals surface area contributed by atoms with E-state index in [1.165, 1.54) is 0 Å². The molecule has 0 saturated carbocycles. The molecule has 20 heteroatoms. The maximum Gasteiger partial charge on any atom is 0.482 e. The van der Waals surface area contributed by atoms with Gasteiger partial charge in [0.05, 0.1) is 0 Å². The third kappa shape index (κ3) is 9.76. The van der Waals surface area contributed by atoms with E-state index in [0.717, 1.165) is 0 Å². The van der Waals surface area contributed by atoms with Crippen LogP contribution in [0.25, 0.3) is 0 Å². The third-order valence-corrected chi connectivity index (χ3v) is 48.6. The van der Waals surface area contributed by atoms with Crippen LogP contribution in [0.15, 0.2) is 12.7 Å². The van der Waals surface area contributed by atoms with Crippen molar-refractivity contribution < 1.29 is 49.4 Å². The molecule has 6 saturated heterocycles. The van der Waals surface area contributed by atoms with Gasteiger partial charge in [0.15, 0.2) is 0 Å². The fraction of sp³-hybridized carbons (Fsp3) is 0.935. The predicted octanol–water partition coefficient (Wildman–Crippen LogP) is 8.54. The lowest BCUT2D eigenvalue weighted by Gasteiger charge is -2.64. The number of allylic oxidation sites excluding steroid dienone is 1. The molecule has 6 rings (SSSR count). The van der Waals surface area contributed by atoms with Gasteiger partial charge in [-0.25, -0.2) is 0 Å². The molecule has 0 N–H and O–H groups in total. The van der Waals surface area contributed by atoms with E-state index in [0.29, 0.717) is 42.3 Å². The van der Waals surface area contributed by atoms with E-state index in [1.54, 1.807) is 0 Å². The Morgan fingerprint density at radius 2 is 0.431 bits per heavy atom. The van der Waals surface area contributed by atoms with E-state index < -0.39 is 70.4 Å². The summed E-state index contributed by atoms with van der Waals surface area (Å²) >= 11 is 0. The van der Waals surface area contributed by atoms with Crippen LogP contribution in [0.3, 0.4) is 0 Å². The summed E-state index contributed by atoms with van der Waals surface area (Å²) < 4.78 is 92.0. The Hall–Kier alpha value is 0.995. The highest BCUT2D eigenvalue weighted by molar-refractivity contribution is 7.03. The summed E-state index contributed by atoms with van der Waals surface area (Å²) in [5, 5.41) is 0. The molecule has 0 spiro atoms. The van der Waals surface area contributed by atoms with Crippen molar-refractivity contribution in [3.05, 3.63) is 12.7 Å². The molecule has 6 heterocycles. The molecular formula is C31H68O12Si8. The summed E-state index contributed by atoms with van der Waals surface area (Å²) in [6.45, 7) is 34.4. The summed E-state index contributed by atoms with van der Waals surface area (Å²) in [6, 6.07) is 3.71. The standard InChI is InChI=1S/C31H68O12Si8/c1-16-17-44-32-45(18-25(2)3)35-48(21-28(8)9)37-46(33-44,19-26(4)5)39-50(23-30(12)13)40-47(34-44,20-27(6)7)38-49(36-45,22-29(10)11)42-51(41-48,43-50)24-31(14)15/h16,25-31H,1,17-24H2,2-15H3. The lowest BCUT2D eigenvalue weighted by molar-refractivity contribution is -0.0334. The van der Waals surface area contributed by atoms with Gasteiger partial charge >= 0.3 is 70.4 Å². The molecule has 6 aliphatic rings. The van der Waals surface area contributed by atoms with Crippen molar-refractivity contribution in [2.75, 3.05) is 0 Å². The summed E-state index contributed by atoms with van der Waals surface area (Å²) in [4.78, 5) is 0. The number of hydrogen-bond acceptors (Lipinski definition) is 12. The zero-order chi connectivity index (χ0) is 37.9. The Balaban J connectivity index is 1.96. The van der Waals surface area contributed by atoms with Crippen molar-refractivity contribution >= 4 is 70.4 Å². The third-order valence-electron chi connectivity index (χ3n) is 8.73. The van der Waals surface area contributed by atoms with Crippen molar-refractivity contribution in [1.82, 2.24) is 0 Å². The van der Waals surface area contributed by atoms with Gasteiger partial charge in [-0.3, -0.25) is 0 Å². The van der Waals surface area contributed by atoms with Crippen molar-refractivity contribution in [3.63, 3.8) is 0 Å². The van der Waals surface area contributed by atoms with Gasteiger partial charge in [0.1, 0.15) is 0 Å². The van der Waals surface area contributed by atoms with Crippen LogP contribution in [0.2, 0.25) is 48.4 Å². The van der Waals surface area contributed by atoms with E-state index in [9.17, 15) is 0 Å². The second-order valence-electron chi connectivity index (χ2n) is 18.4. The van der Waals surface area contributed by atoms with E-state index in [4.69, 9.17) is 49.4 Å². The molecule has 0 aromatic rings. The average molecular weight is 858 g/mol. The Morgan fingerprint density at radius 1 is 0.294 bits per heavy atom. The van der Waals surface area contributed by atoms with Crippen molar-refractivity contribution in [3.8, 4) is 0 Å². The smallest absolute Gasteiger partial charge is 0.373 e. The van der Waals surface area contributed by atoms with Crippen LogP contribution in [0, 0.1) is 41.4 Å². The van der Waals surface area contributed by atoms with Crippen LogP contribution in [0.5, 0.6) is 0 Å². The first-order valence-corrected chi connectivity index (χ1v) is 34.9. The molecular weight excluding hydrogens is 789 g/mol. The van der Waals surface area contributed by atoms with Crippen molar-refractivity contribution in [2.24, 2.45) is 41.4 Å². The van der Waals surface area contributed by atoms with Crippen LogP contribution >= 0.6 is 0 Å². The molecule has 6 aliphatic heterocycles. The molecule has 0 unspecified atom stereocenters. The summed E-state index contributed by atoms with van der Waals surface area (Å²) in [6.07, 6.45) is 1.81. The zero-order valence-electron chi connectivity index (χ0n) is 33.9. The second kappa shape index (κ2) is 15.4. The highest BCUT2D eigenvalue weighted by Crippen LogP contribution is 2.55. The molecule has 0 amide bonds. The zero-order valence-corrected chi connectivity index (χ0v) is 41.9. The monoisotopic (exact) mass is 856 g/mol. The van der Waals surface area contributed by atoms with Gasteiger partial charge in [-0.1, -0.05) is 103 Å². The number of hydrogen-bond donors (Lipinski definition) is 0. The van der Waals surface area contributed by atoms with Crippen LogP contribution in [-0.4, -0.2) is 70.4 Å². The summed E-state index contributed by atoms with van der Waals surface area (Å²) in [7, 11) is -31.0. The molecule has 8 bridgehead atoms. The Labute approximate surface area is 317 Å².